The van der Waals surface area contributed by atoms with Crippen molar-refractivity contribution in [3.05, 3.63) is 82.0 Å². The predicted molar refractivity (Wildman–Crippen MR) is 150 cm³/mol. The number of benzene rings is 2. The summed E-state index contributed by atoms with van der Waals surface area (Å²) >= 11 is 12.4. The van der Waals surface area contributed by atoms with Crippen LogP contribution in [0.25, 0.3) is 16.9 Å². The molecule has 0 saturated heterocycles. The second-order valence-electron chi connectivity index (χ2n) is 8.89. The minimum atomic E-state index is -0.318. The standard InChI is InChI=1S/C21H18Cl2N4.C5H10O2.C2H6/c1-14-3-5-15(6-4-14)19-12-21(27-20(25-19)9-10-24-27)26(2)13-16-7-8-17(22)11-18(16)23;1-5(2,3)7-4-6;1-2/h3-12H,13H2,1-2H3;4H,1-3H3;1-2H3. The maximum atomic E-state index is 9.60. The SMILES string of the molecule is CC.CC(C)(C)OC=O.Cc1ccc(-c2cc(N(C)Cc3ccc(Cl)cc3Cl)n3nccc3n2)cc1. The molecule has 0 amide bonds. The zero-order valence-corrected chi connectivity index (χ0v) is 23.4. The van der Waals surface area contributed by atoms with E-state index in [1.807, 2.05) is 64.4 Å². The van der Waals surface area contributed by atoms with Crippen LogP contribution in [0.1, 0.15) is 45.7 Å². The van der Waals surface area contributed by atoms with Crippen LogP contribution in [0, 0.1) is 6.92 Å². The van der Waals surface area contributed by atoms with Gasteiger partial charge in [-0.3, -0.25) is 4.79 Å². The smallest absolute Gasteiger partial charge is 0.293 e. The molecule has 4 rings (SSSR count). The van der Waals surface area contributed by atoms with E-state index in [-0.39, 0.29) is 5.60 Å². The Balaban J connectivity index is 0.000000440. The lowest BCUT2D eigenvalue weighted by Gasteiger charge is -2.21. The first-order chi connectivity index (χ1) is 17.1. The average molecular weight is 530 g/mol. The van der Waals surface area contributed by atoms with Crippen molar-refractivity contribution in [1.82, 2.24) is 14.6 Å². The number of nitrogens with zero attached hydrogens (tertiary/aromatic N) is 4. The van der Waals surface area contributed by atoms with E-state index >= 15 is 0 Å². The van der Waals surface area contributed by atoms with Crippen LogP contribution in [0.4, 0.5) is 5.82 Å². The van der Waals surface area contributed by atoms with Gasteiger partial charge in [-0.1, -0.05) is 72.9 Å². The molecule has 0 spiro atoms. The number of aryl methyl sites for hydroxylation is 1. The molecule has 0 radical (unpaired) electrons. The molecular formula is C28H34Cl2N4O2. The van der Waals surface area contributed by atoms with Crippen LogP contribution in [0.2, 0.25) is 10.0 Å². The van der Waals surface area contributed by atoms with Gasteiger partial charge in [-0.15, -0.1) is 0 Å². The molecule has 0 N–H and O–H groups in total. The fourth-order valence-electron chi connectivity index (χ4n) is 3.17. The van der Waals surface area contributed by atoms with E-state index in [1.54, 1.807) is 12.3 Å². The Morgan fingerprint density at radius 1 is 1.03 bits per heavy atom. The van der Waals surface area contributed by atoms with E-state index in [1.165, 1.54) is 5.56 Å². The quantitative estimate of drug-likeness (QED) is 0.249. The van der Waals surface area contributed by atoms with Gasteiger partial charge < -0.3 is 9.64 Å². The van der Waals surface area contributed by atoms with Crippen molar-refractivity contribution in [2.45, 2.75) is 53.7 Å². The topological polar surface area (TPSA) is 59.7 Å². The second-order valence-corrected chi connectivity index (χ2v) is 9.73. The molecule has 0 aliphatic rings. The van der Waals surface area contributed by atoms with Crippen LogP contribution < -0.4 is 4.90 Å². The van der Waals surface area contributed by atoms with Crippen molar-refractivity contribution in [3.8, 4) is 11.3 Å². The van der Waals surface area contributed by atoms with Crippen molar-refractivity contribution in [2.75, 3.05) is 11.9 Å². The second kappa shape index (κ2) is 13.3. The highest BCUT2D eigenvalue weighted by Crippen LogP contribution is 2.27. The fourth-order valence-corrected chi connectivity index (χ4v) is 3.64. The molecule has 0 atom stereocenters. The third kappa shape index (κ3) is 8.25. The van der Waals surface area contributed by atoms with Crippen LogP contribution in [0.15, 0.2) is 60.8 Å². The summed E-state index contributed by atoms with van der Waals surface area (Å²) in [7, 11) is 2.01. The van der Waals surface area contributed by atoms with Gasteiger partial charge in [-0.2, -0.15) is 9.61 Å². The Labute approximate surface area is 223 Å². The number of rotatable bonds is 5. The summed E-state index contributed by atoms with van der Waals surface area (Å²) in [6, 6.07) is 17.9. The van der Waals surface area contributed by atoms with Crippen LogP contribution in [0.5, 0.6) is 0 Å². The van der Waals surface area contributed by atoms with Gasteiger partial charge >= 0.3 is 0 Å². The summed E-state index contributed by atoms with van der Waals surface area (Å²) in [4.78, 5) is 16.4. The van der Waals surface area contributed by atoms with E-state index < -0.39 is 0 Å². The number of ether oxygens (including phenoxy) is 1. The zero-order chi connectivity index (χ0) is 26.9. The van der Waals surface area contributed by atoms with E-state index in [4.69, 9.17) is 28.2 Å². The van der Waals surface area contributed by atoms with E-state index in [2.05, 4.69) is 52.0 Å². The number of anilines is 1. The van der Waals surface area contributed by atoms with Crippen molar-refractivity contribution < 1.29 is 9.53 Å². The largest absolute Gasteiger partial charge is 0.462 e. The minimum absolute atomic E-state index is 0.318. The molecule has 0 aliphatic carbocycles. The zero-order valence-electron chi connectivity index (χ0n) is 21.9. The highest BCUT2D eigenvalue weighted by molar-refractivity contribution is 6.35. The highest BCUT2D eigenvalue weighted by Gasteiger charge is 2.14. The molecule has 0 saturated carbocycles. The maximum Gasteiger partial charge on any atom is 0.293 e. The number of hydrogen-bond donors (Lipinski definition) is 0. The molecule has 0 aliphatic heterocycles. The van der Waals surface area contributed by atoms with Gasteiger partial charge in [0.15, 0.2) is 5.65 Å². The minimum Gasteiger partial charge on any atom is -0.462 e. The van der Waals surface area contributed by atoms with Gasteiger partial charge in [0, 0.05) is 41.3 Å². The number of aromatic nitrogens is 3. The summed E-state index contributed by atoms with van der Waals surface area (Å²) in [6.45, 7) is 12.6. The number of hydrogen-bond acceptors (Lipinski definition) is 5. The lowest BCUT2D eigenvalue weighted by molar-refractivity contribution is -0.138. The molecule has 8 heteroatoms. The van der Waals surface area contributed by atoms with E-state index in [0.717, 1.165) is 28.3 Å². The average Bonchev–Trinajstić information content (AvgIpc) is 3.30. The Morgan fingerprint density at radius 2 is 1.69 bits per heavy atom. The third-order valence-electron chi connectivity index (χ3n) is 4.90. The summed E-state index contributed by atoms with van der Waals surface area (Å²) in [6.07, 6.45) is 1.76. The molecule has 4 aromatic rings. The fraction of sp³-hybridized carbons (Fsp3) is 0.321. The molecular weight excluding hydrogens is 495 g/mol. The first-order valence-corrected chi connectivity index (χ1v) is 12.5. The van der Waals surface area contributed by atoms with Crippen molar-refractivity contribution in [2.24, 2.45) is 0 Å². The summed E-state index contributed by atoms with van der Waals surface area (Å²) in [5, 5.41) is 5.71. The first kappa shape index (κ1) is 29.1. The van der Waals surface area contributed by atoms with Gasteiger partial charge in [0.2, 0.25) is 0 Å². The Morgan fingerprint density at radius 3 is 2.25 bits per heavy atom. The molecule has 192 valence electrons. The molecule has 6 nitrogen and oxygen atoms in total. The monoisotopic (exact) mass is 528 g/mol. The summed E-state index contributed by atoms with van der Waals surface area (Å²) in [5.74, 6) is 0.937. The summed E-state index contributed by atoms with van der Waals surface area (Å²) in [5.41, 5.74) is 4.69. The van der Waals surface area contributed by atoms with Crippen LogP contribution >= 0.6 is 23.2 Å². The van der Waals surface area contributed by atoms with Crippen LogP contribution in [-0.2, 0) is 16.1 Å². The normalized spacial score (nSPS) is 10.6. The molecule has 0 bridgehead atoms. The molecule has 2 aromatic heterocycles. The van der Waals surface area contributed by atoms with Gasteiger partial charge in [0.25, 0.3) is 6.47 Å². The van der Waals surface area contributed by atoms with Gasteiger partial charge in [0.1, 0.15) is 11.4 Å². The molecule has 36 heavy (non-hydrogen) atoms. The van der Waals surface area contributed by atoms with Crippen molar-refractivity contribution in [3.63, 3.8) is 0 Å². The Kier molecular flexibility index (Phi) is 10.8. The van der Waals surface area contributed by atoms with Crippen molar-refractivity contribution in [1.29, 1.82) is 0 Å². The Hall–Kier alpha value is -3.09. The molecule has 0 fully saturated rings. The lowest BCUT2D eigenvalue weighted by atomic mass is 10.1. The maximum absolute atomic E-state index is 9.60. The number of halogens is 2. The predicted octanol–water partition coefficient (Wildman–Crippen LogP) is 7.63. The van der Waals surface area contributed by atoms with Crippen molar-refractivity contribution >= 4 is 41.1 Å². The summed E-state index contributed by atoms with van der Waals surface area (Å²) < 4.78 is 6.38. The first-order valence-electron chi connectivity index (χ1n) is 11.8. The van der Waals surface area contributed by atoms with Crippen LogP contribution in [0.3, 0.4) is 0 Å². The number of carbonyl (C=O) groups is 1. The number of carbonyl (C=O) groups excluding carboxylic acids is 1. The Bertz CT molecular complexity index is 1270. The van der Waals surface area contributed by atoms with Gasteiger partial charge in [-0.25, -0.2) is 4.98 Å². The van der Waals surface area contributed by atoms with Gasteiger partial charge in [0.05, 0.1) is 11.9 Å². The number of fused-ring (bicyclic) bond motifs is 1. The van der Waals surface area contributed by atoms with E-state index in [9.17, 15) is 4.79 Å². The molecule has 0 unspecified atom stereocenters. The third-order valence-corrected chi connectivity index (χ3v) is 5.49. The van der Waals surface area contributed by atoms with Gasteiger partial charge in [-0.05, 0) is 45.4 Å². The van der Waals surface area contributed by atoms with E-state index in [0.29, 0.717) is 23.1 Å². The highest BCUT2D eigenvalue weighted by atomic mass is 35.5. The lowest BCUT2D eigenvalue weighted by Crippen LogP contribution is -2.20. The molecule has 2 aromatic carbocycles. The molecule has 2 heterocycles. The van der Waals surface area contributed by atoms with Crippen LogP contribution in [-0.4, -0.2) is 33.7 Å².